The third-order valence-electron chi connectivity index (χ3n) is 4.96. The van der Waals surface area contributed by atoms with Crippen molar-refractivity contribution in [2.45, 2.75) is 0 Å². The summed E-state index contributed by atoms with van der Waals surface area (Å²) in [6, 6.07) is 27.8. The van der Waals surface area contributed by atoms with Crippen LogP contribution in [0, 0.1) is 20.2 Å². The molecule has 4 aromatic carbocycles. The highest BCUT2D eigenvalue weighted by molar-refractivity contribution is 6.90. The van der Waals surface area contributed by atoms with Crippen LogP contribution in [0.5, 0.6) is 0 Å². The van der Waals surface area contributed by atoms with Crippen LogP contribution in [0.3, 0.4) is 0 Å². The molecule has 0 radical (unpaired) electrons. The monoisotopic (exact) mass is 550 g/mol. The second-order valence-corrected chi connectivity index (χ2v) is 10.1. The molecule has 12 nitrogen and oxygen atoms in total. The summed E-state index contributed by atoms with van der Waals surface area (Å²) in [5.74, 6) is -2.34. The molecule has 0 fully saturated rings. The van der Waals surface area contributed by atoms with E-state index < -0.39 is 30.3 Å². The molecule has 0 aliphatic carbocycles. The Bertz CT molecular complexity index is 1280. The van der Waals surface area contributed by atoms with Gasteiger partial charge in [0.15, 0.2) is 0 Å². The number of hydrogen-bond acceptors (Lipinski definition) is 8. The summed E-state index contributed by atoms with van der Waals surface area (Å²) in [6.45, 7) is 0. The van der Waals surface area contributed by atoms with Crippen LogP contribution in [-0.4, -0.2) is 50.2 Å². The van der Waals surface area contributed by atoms with E-state index in [1.807, 2.05) is 36.4 Å². The van der Waals surface area contributed by atoms with Gasteiger partial charge in [-0.15, -0.1) is 0 Å². The van der Waals surface area contributed by atoms with Crippen molar-refractivity contribution in [2.24, 2.45) is 0 Å². The van der Waals surface area contributed by atoms with E-state index in [0.717, 1.165) is 12.1 Å². The third kappa shape index (κ3) is 8.98. The first kappa shape index (κ1) is 30.0. The Labute approximate surface area is 222 Å². The molecule has 0 atom stereocenters. The van der Waals surface area contributed by atoms with E-state index in [1.165, 1.54) is 36.4 Å². The van der Waals surface area contributed by atoms with Crippen molar-refractivity contribution in [3.8, 4) is 0 Å². The van der Waals surface area contributed by atoms with Gasteiger partial charge in [-0.3, -0.25) is 20.2 Å². The Morgan fingerprint density at radius 3 is 1.18 bits per heavy atom. The average Bonchev–Trinajstić information content (AvgIpc) is 2.94. The van der Waals surface area contributed by atoms with E-state index in [0.29, 0.717) is 10.4 Å². The van der Waals surface area contributed by atoms with Gasteiger partial charge in [-0.25, -0.2) is 9.59 Å². The number of non-ortho nitro benzene ring substituents is 2. The molecule has 4 rings (SSSR count). The summed E-state index contributed by atoms with van der Waals surface area (Å²) in [6.07, 6.45) is 0. The number of rotatable bonds is 6. The highest BCUT2D eigenvalue weighted by Gasteiger charge is 2.34. The van der Waals surface area contributed by atoms with Crippen LogP contribution in [0.2, 0.25) is 0 Å². The minimum Gasteiger partial charge on any atom is -0.478 e. The summed E-state index contributed by atoms with van der Waals surface area (Å²) in [5.41, 5.74) is -0.585. The van der Waals surface area contributed by atoms with Crippen LogP contribution in [0.4, 0.5) is 11.4 Å². The molecule has 0 aliphatic rings. The molecule has 200 valence electrons. The fourth-order valence-corrected chi connectivity index (χ4v) is 4.66. The number of benzene rings is 4. The normalized spacial score (nSPS) is 10.1. The number of nitro groups is 2. The lowest BCUT2D eigenvalue weighted by atomic mass is 10.2. The smallest absolute Gasteiger partial charge is 0.401 e. The summed E-state index contributed by atoms with van der Waals surface area (Å²) in [5, 5.41) is 38.5. The van der Waals surface area contributed by atoms with Gasteiger partial charge in [0.2, 0.25) is 0 Å². The van der Waals surface area contributed by atoms with Crippen molar-refractivity contribution in [1.29, 1.82) is 0 Å². The van der Waals surface area contributed by atoms with Crippen LogP contribution in [-0.2, 0) is 0 Å². The maximum atomic E-state index is 10.4. The summed E-state index contributed by atoms with van der Waals surface area (Å²) < 4.78 is 0. The van der Waals surface area contributed by atoms with Crippen LogP contribution >= 0.6 is 0 Å². The molecule has 4 aromatic rings. The zero-order valence-electron chi connectivity index (χ0n) is 20.0. The molecule has 0 amide bonds. The van der Waals surface area contributed by atoms with Gasteiger partial charge >= 0.3 is 20.5 Å². The number of carboxylic acids is 2. The van der Waals surface area contributed by atoms with Crippen LogP contribution in [0.25, 0.3) is 0 Å². The van der Waals surface area contributed by atoms with Gasteiger partial charge in [-0.05, 0) is 22.5 Å². The molecular weight excluding hydrogens is 528 g/mol. The summed E-state index contributed by atoms with van der Waals surface area (Å²) >= 11 is 0. The van der Waals surface area contributed by atoms with Gasteiger partial charge in [0.1, 0.15) is 0 Å². The van der Waals surface area contributed by atoms with E-state index in [4.69, 9.17) is 10.2 Å². The molecule has 39 heavy (non-hydrogen) atoms. The predicted octanol–water partition coefficient (Wildman–Crippen LogP) is 2.81. The summed E-state index contributed by atoms with van der Waals surface area (Å²) in [7, 11) is -3.46. The molecule has 0 spiro atoms. The van der Waals surface area contributed by atoms with Gasteiger partial charge < -0.3 is 19.8 Å². The lowest BCUT2D eigenvalue weighted by Crippen LogP contribution is -2.59. The first-order valence-electron chi connectivity index (χ1n) is 10.9. The van der Waals surface area contributed by atoms with Gasteiger partial charge in [0.05, 0.1) is 21.0 Å². The molecule has 0 saturated heterocycles. The van der Waals surface area contributed by atoms with E-state index in [2.05, 4.69) is 0 Å². The number of nitrogens with zero attached hydrogens (tertiary/aromatic N) is 2. The van der Waals surface area contributed by atoms with Crippen LogP contribution < -0.4 is 10.4 Å². The van der Waals surface area contributed by atoms with Crippen LogP contribution in [0.1, 0.15) is 20.7 Å². The van der Waals surface area contributed by atoms with Crippen molar-refractivity contribution < 1.29 is 39.2 Å². The third-order valence-corrected chi connectivity index (χ3v) is 7.24. The molecule has 13 heteroatoms. The number of aromatic carboxylic acids is 2. The van der Waals surface area contributed by atoms with Gasteiger partial charge in [-0.1, -0.05) is 72.8 Å². The SMILES string of the molecule is O=C(O)c1cccc([N+](=O)[O-])c1.O=C(O)c1cccc([N+](=O)[O-])c1.O[Si](O)(c1ccccc1)c1ccccc1. The van der Waals surface area contributed by atoms with Crippen LogP contribution in [0.15, 0.2) is 109 Å². The van der Waals surface area contributed by atoms with E-state index in [9.17, 15) is 39.4 Å². The molecule has 4 N–H and O–H groups in total. The quantitative estimate of drug-likeness (QED) is 0.157. The molecule has 0 saturated carbocycles. The predicted molar refractivity (Wildman–Crippen MR) is 142 cm³/mol. The summed E-state index contributed by atoms with van der Waals surface area (Å²) in [4.78, 5) is 60.1. The average molecular weight is 551 g/mol. The first-order valence-corrected chi connectivity index (χ1v) is 12.8. The molecule has 0 bridgehead atoms. The number of carbonyl (C=O) groups is 2. The minimum absolute atomic E-state index is 0.0794. The van der Waals surface area contributed by atoms with E-state index >= 15 is 0 Å². The van der Waals surface area contributed by atoms with Crippen molar-refractivity contribution >= 4 is 42.2 Å². The number of carboxylic acid groups (broad SMARTS) is 2. The Kier molecular flexibility index (Phi) is 10.7. The van der Waals surface area contributed by atoms with Gasteiger partial charge in [0.25, 0.3) is 11.4 Å². The Morgan fingerprint density at radius 1 is 0.564 bits per heavy atom. The van der Waals surface area contributed by atoms with Gasteiger partial charge in [-0.2, -0.15) is 0 Å². The Hall–Kier alpha value is -5.24. The fraction of sp³-hybridized carbons (Fsp3) is 0. The lowest BCUT2D eigenvalue weighted by Gasteiger charge is -2.18. The Balaban J connectivity index is 0.000000207. The molecule has 0 aliphatic heterocycles. The highest BCUT2D eigenvalue weighted by Crippen LogP contribution is 2.13. The van der Waals surface area contributed by atoms with E-state index in [1.54, 1.807) is 24.3 Å². The fourth-order valence-electron chi connectivity index (χ4n) is 3.01. The van der Waals surface area contributed by atoms with E-state index in [-0.39, 0.29) is 22.5 Å². The molecule has 0 heterocycles. The topological polar surface area (TPSA) is 201 Å². The Morgan fingerprint density at radius 2 is 0.897 bits per heavy atom. The second-order valence-electron chi connectivity index (χ2n) is 7.63. The maximum Gasteiger partial charge on any atom is 0.401 e. The minimum atomic E-state index is -3.46. The highest BCUT2D eigenvalue weighted by atomic mass is 28.4. The lowest BCUT2D eigenvalue weighted by molar-refractivity contribution is -0.385. The maximum absolute atomic E-state index is 10.4. The number of hydrogen-bond donors (Lipinski definition) is 4. The van der Waals surface area contributed by atoms with Crippen molar-refractivity contribution in [3.63, 3.8) is 0 Å². The second kappa shape index (κ2) is 13.9. The molecular formula is C26H22N2O10Si. The van der Waals surface area contributed by atoms with Crippen molar-refractivity contribution in [3.05, 3.63) is 141 Å². The zero-order chi connectivity index (χ0) is 29.0. The largest absolute Gasteiger partial charge is 0.478 e. The molecule has 0 unspecified atom stereocenters. The zero-order valence-corrected chi connectivity index (χ0v) is 21.0. The standard InChI is InChI=1S/C12H12O2Si.2C7H5NO4/c13-15(14,11-7-3-1-4-8-11)12-9-5-2-6-10-12;2*9-7(10)5-2-1-3-6(4-5)8(11)12/h1-10,13-14H;2*1-4H,(H,9,10). The van der Waals surface area contributed by atoms with Gasteiger partial charge in [0, 0.05) is 24.3 Å². The van der Waals surface area contributed by atoms with Crippen molar-refractivity contribution in [1.82, 2.24) is 0 Å². The molecule has 0 aromatic heterocycles. The van der Waals surface area contributed by atoms with Crippen molar-refractivity contribution in [2.75, 3.05) is 0 Å². The number of nitro benzene ring substituents is 2. The first-order chi connectivity index (χ1) is 18.4.